The van der Waals surface area contributed by atoms with Crippen LogP contribution in [0.2, 0.25) is 0 Å². The van der Waals surface area contributed by atoms with E-state index in [1.807, 2.05) is 12.4 Å². The van der Waals surface area contributed by atoms with Crippen molar-refractivity contribution in [2.75, 3.05) is 19.6 Å². The van der Waals surface area contributed by atoms with Gasteiger partial charge in [-0.3, -0.25) is 4.90 Å². The molecule has 0 atom stereocenters. The number of imidazole rings is 1. The number of hydrogen-bond donors (Lipinski definition) is 1. The van der Waals surface area contributed by atoms with Crippen LogP contribution in [0.5, 0.6) is 0 Å². The predicted molar refractivity (Wildman–Crippen MR) is 86.7 cm³/mol. The lowest BCUT2D eigenvalue weighted by molar-refractivity contribution is 0.178. The first-order valence-electron chi connectivity index (χ1n) is 8.19. The molecule has 1 N–H and O–H groups in total. The van der Waals surface area contributed by atoms with Crippen LogP contribution in [0.4, 0.5) is 0 Å². The third-order valence-corrected chi connectivity index (χ3v) is 4.68. The summed E-state index contributed by atoms with van der Waals surface area (Å²) < 4.78 is 7.65. The summed E-state index contributed by atoms with van der Waals surface area (Å²) in [6.45, 7) is 9.43. The molecule has 120 valence electrons. The number of rotatable bonds is 6. The number of nitrogens with one attached hydrogen (secondary N) is 1. The van der Waals surface area contributed by atoms with E-state index in [0.717, 1.165) is 44.2 Å². The Morgan fingerprint density at radius 1 is 1.32 bits per heavy atom. The molecule has 1 fully saturated rings. The molecule has 0 radical (unpaired) electrons. The fourth-order valence-electron chi connectivity index (χ4n) is 3.08. The zero-order valence-electron chi connectivity index (χ0n) is 13.6. The van der Waals surface area contributed by atoms with E-state index in [1.54, 1.807) is 6.26 Å². The summed E-state index contributed by atoms with van der Waals surface area (Å²) in [5, 5.41) is 3.69. The zero-order chi connectivity index (χ0) is 15.4. The molecular weight excluding hydrogens is 276 g/mol. The average Bonchev–Trinajstić information content (AvgIpc) is 3.14. The topological polar surface area (TPSA) is 46.2 Å². The molecule has 1 aliphatic heterocycles. The smallest absolute Gasteiger partial charge is 0.117 e. The lowest BCUT2D eigenvalue weighted by Crippen LogP contribution is -2.43. The molecule has 0 aromatic carbocycles. The van der Waals surface area contributed by atoms with E-state index in [4.69, 9.17) is 4.42 Å². The van der Waals surface area contributed by atoms with E-state index in [9.17, 15) is 0 Å². The van der Waals surface area contributed by atoms with Crippen LogP contribution in [0.3, 0.4) is 0 Å². The number of aromatic nitrogens is 2. The number of furan rings is 1. The van der Waals surface area contributed by atoms with Crippen molar-refractivity contribution in [1.82, 2.24) is 19.8 Å². The number of hydrogen-bond acceptors (Lipinski definition) is 4. The summed E-state index contributed by atoms with van der Waals surface area (Å²) >= 11 is 0. The van der Waals surface area contributed by atoms with Crippen molar-refractivity contribution in [2.24, 2.45) is 0 Å². The highest BCUT2D eigenvalue weighted by Crippen LogP contribution is 2.14. The Kier molecular flexibility index (Phi) is 4.95. The predicted octanol–water partition coefficient (Wildman–Crippen LogP) is 2.35. The summed E-state index contributed by atoms with van der Waals surface area (Å²) in [7, 11) is 0. The Bertz CT molecular complexity index is 568. The molecule has 5 heteroatoms. The lowest BCUT2D eigenvalue weighted by atomic mass is 10.0. The fraction of sp³-hybridized carbons (Fsp3) is 0.588. The minimum absolute atomic E-state index is 0.637. The molecular formula is C17H26N4O. The monoisotopic (exact) mass is 302 g/mol. The molecule has 2 aromatic rings. The van der Waals surface area contributed by atoms with Crippen LogP contribution in [0.1, 0.15) is 30.0 Å². The first kappa shape index (κ1) is 15.3. The van der Waals surface area contributed by atoms with Crippen molar-refractivity contribution in [2.45, 2.75) is 45.8 Å². The third kappa shape index (κ3) is 3.78. The quantitative estimate of drug-likeness (QED) is 0.890. The largest absolute Gasteiger partial charge is 0.468 e. The molecule has 0 spiro atoms. The first-order chi connectivity index (χ1) is 10.7. The maximum atomic E-state index is 5.42. The Morgan fingerprint density at radius 2 is 2.14 bits per heavy atom. The van der Waals surface area contributed by atoms with Gasteiger partial charge in [0.1, 0.15) is 5.76 Å². The fourth-order valence-corrected chi connectivity index (χ4v) is 3.08. The Labute approximate surface area is 132 Å². The Morgan fingerprint density at radius 3 is 2.77 bits per heavy atom. The molecule has 3 rings (SSSR count). The van der Waals surface area contributed by atoms with Crippen LogP contribution in [0.25, 0.3) is 0 Å². The van der Waals surface area contributed by atoms with Gasteiger partial charge >= 0.3 is 0 Å². The molecule has 0 unspecified atom stereocenters. The van der Waals surface area contributed by atoms with Crippen LogP contribution in [-0.4, -0.2) is 40.1 Å². The van der Waals surface area contributed by atoms with Gasteiger partial charge in [0.2, 0.25) is 0 Å². The number of piperidine rings is 1. The normalized spacial score (nSPS) is 17.2. The lowest BCUT2D eigenvalue weighted by Gasteiger charge is -2.32. The van der Waals surface area contributed by atoms with E-state index in [1.165, 1.54) is 18.5 Å². The van der Waals surface area contributed by atoms with Gasteiger partial charge in [0.15, 0.2) is 0 Å². The summed E-state index contributed by atoms with van der Waals surface area (Å²) in [6, 6.07) is 4.65. The second kappa shape index (κ2) is 7.11. The summed E-state index contributed by atoms with van der Waals surface area (Å²) in [6.07, 6.45) is 6.12. The van der Waals surface area contributed by atoms with Crippen LogP contribution in [0, 0.1) is 13.8 Å². The molecule has 0 amide bonds. The van der Waals surface area contributed by atoms with Gasteiger partial charge in [0, 0.05) is 37.9 Å². The van der Waals surface area contributed by atoms with E-state index in [-0.39, 0.29) is 0 Å². The first-order valence-corrected chi connectivity index (χ1v) is 8.19. The molecule has 5 nitrogen and oxygen atoms in total. The molecule has 2 aromatic heterocycles. The number of aryl methyl sites for hydroxylation is 1. The molecule has 0 saturated carbocycles. The Balaban J connectivity index is 1.36. The molecule has 0 aliphatic carbocycles. The minimum Gasteiger partial charge on any atom is -0.468 e. The van der Waals surface area contributed by atoms with Gasteiger partial charge in [0.05, 0.1) is 24.8 Å². The van der Waals surface area contributed by atoms with Crippen molar-refractivity contribution in [1.29, 1.82) is 0 Å². The highest BCUT2D eigenvalue weighted by molar-refractivity contribution is 5.08. The van der Waals surface area contributed by atoms with Gasteiger partial charge in [-0.2, -0.15) is 0 Å². The van der Waals surface area contributed by atoms with Crippen LogP contribution in [0.15, 0.2) is 29.1 Å². The van der Waals surface area contributed by atoms with Gasteiger partial charge in [-0.15, -0.1) is 0 Å². The van der Waals surface area contributed by atoms with Crippen LogP contribution < -0.4 is 5.32 Å². The van der Waals surface area contributed by atoms with Crippen molar-refractivity contribution < 1.29 is 4.42 Å². The second-order valence-electron chi connectivity index (χ2n) is 6.19. The SMILES string of the molecule is Cc1ncn(CCNC2CCN(Cc3ccco3)CC2)c1C. The highest BCUT2D eigenvalue weighted by atomic mass is 16.3. The third-order valence-electron chi connectivity index (χ3n) is 4.68. The van der Waals surface area contributed by atoms with E-state index >= 15 is 0 Å². The summed E-state index contributed by atoms with van der Waals surface area (Å²) in [4.78, 5) is 6.82. The maximum absolute atomic E-state index is 5.42. The van der Waals surface area contributed by atoms with Gasteiger partial charge in [-0.05, 0) is 38.8 Å². The van der Waals surface area contributed by atoms with Gasteiger partial charge < -0.3 is 14.3 Å². The zero-order valence-corrected chi connectivity index (χ0v) is 13.6. The second-order valence-corrected chi connectivity index (χ2v) is 6.19. The van der Waals surface area contributed by atoms with Crippen molar-refractivity contribution in [3.63, 3.8) is 0 Å². The van der Waals surface area contributed by atoms with Crippen LogP contribution >= 0.6 is 0 Å². The summed E-state index contributed by atoms with van der Waals surface area (Å²) in [5.74, 6) is 1.07. The summed E-state index contributed by atoms with van der Waals surface area (Å²) in [5.41, 5.74) is 2.40. The Hall–Kier alpha value is -1.59. The van der Waals surface area contributed by atoms with E-state index < -0.39 is 0 Å². The number of nitrogens with zero attached hydrogens (tertiary/aromatic N) is 3. The molecule has 3 heterocycles. The van der Waals surface area contributed by atoms with E-state index in [0.29, 0.717) is 6.04 Å². The minimum atomic E-state index is 0.637. The van der Waals surface area contributed by atoms with Gasteiger partial charge in [0.25, 0.3) is 0 Å². The van der Waals surface area contributed by atoms with Crippen molar-refractivity contribution in [3.8, 4) is 0 Å². The average molecular weight is 302 g/mol. The van der Waals surface area contributed by atoms with Crippen molar-refractivity contribution in [3.05, 3.63) is 41.9 Å². The molecule has 1 saturated heterocycles. The molecule has 0 bridgehead atoms. The van der Waals surface area contributed by atoms with Crippen molar-refractivity contribution >= 4 is 0 Å². The van der Waals surface area contributed by atoms with Gasteiger partial charge in [-0.1, -0.05) is 0 Å². The highest BCUT2D eigenvalue weighted by Gasteiger charge is 2.19. The molecule has 22 heavy (non-hydrogen) atoms. The van der Waals surface area contributed by atoms with Gasteiger partial charge in [-0.25, -0.2) is 4.98 Å². The van der Waals surface area contributed by atoms with Crippen LogP contribution in [-0.2, 0) is 13.1 Å². The molecule has 1 aliphatic rings. The standard InChI is InChI=1S/C17H26N4O/c1-14-15(2)21(13-19-14)10-7-18-16-5-8-20(9-6-16)12-17-4-3-11-22-17/h3-4,11,13,16,18H,5-10,12H2,1-2H3. The maximum Gasteiger partial charge on any atom is 0.117 e. The number of likely N-dealkylation sites (tertiary alicyclic amines) is 1. The van der Waals surface area contributed by atoms with E-state index in [2.05, 4.69) is 39.7 Å².